The number of H-pyrrole nitrogens is 1. The monoisotopic (exact) mass is 321 g/mol. The number of fused-ring (bicyclic) bond motifs is 1. The second-order valence-corrected chi connectivity index (χ2v) is 6.35. The van der Waals surface area contributed by atoms with Crippen molar-refractivity contribution in [1.82, 2.24) is 24.7 Å². The van der Waals surface area contributed by atoms with Crippen LogP contribution in [0.25, 0.3) is 22.3 Å². The van der Waals surface area contributed by atoms with Crippen LogP contribution in [0.3, 0.4) is 0 Å². The van der Waals surface area contributed by atoms with Gasteiger partial charge in [0.2, 0.25) is 5.95 Å². The van der Waals surface area contributed by atoms with Gasteiger partial charge in [-0.3, -0.25) is 4.68 Å². The molecular weight excluding hydrogens is 302 g/mol. The van der Waals surface area contributed by atoms with E-state index in [-0.39, 0.29) is 12.0 Å². The van der Waals surface area contributed by atoms with Crippen molar-refractivity contribution in [3.05, 3.63) is 24.7 Å². The van der Waals surface area contributed by atoms with Gasteiger partial charge in [-0.2, -0.15) is 15.3 Å². The van der Waals surface area contributed by atoms with Crippen LogP contribution in [0.4, 0.5) is 5.95 Å². The molecule has 3 heterocycles. The molecule has 24 heavy (non-hydrogen) atoms. The molecule has 1 saturated carbocycles. The molecule has 0 spiro atoms. The lowest BCUT2D eigenvalue weighted by atomic mass is 9.96. The number of anilines is 1. The molecule has 1 fully saturated rings. The third-order valence-electron chi connectivity index (χ3n) is 4.89. The maximum absolute atomic E-state index is 9.20. The average Bonchev–Trinajstić information content (AvgIpc) is 3.31. The number of aromatic amines is 1. The molecule has 122 valence electrons. The Hall–Kier alpha value is -2.88. The first-order valence-corrected chi connectivity index (χ1v) is 8.28. The molecule has 0 amide bonds. The highest BCUT2D eigenvalue weighted by atomic mass is 15.3. The zero-order chi connectivity index (χ0) is 16.5. The minimum absolute atomic E-state index is 0.132. The molecular formula is C17H19N7. The van der Waals surface area contributed by atoms with E-state index in [1.54, 1.807) is 6.20 Å². The number of nitrogens with zero attached hydrogens (tertiary/aromatic N) is 5. The average molecular weight is 321 g/mol. The third kappa shape index (κ3) is 2.50. The van der Waals surface area contributed by atoms with Gasteiger partial charge >= 0.3 is 0 Å². The fourth-order valence-electron chi connectivity index (χ4n) is 3.73. The van der Waals surface area contributed by atoms with Gasteiger partial charge in [0.05, 0.1) is 30.4 Å². The Labute approximate surface area is 139 Å². The zero-order valence-electron chi connectivity index (χ0n) is 13.3. The van der Waals surface area contributed by atoms with Crippen molar-refractivity contribution < 1.29 is 0 Å². The van der Waals surface area contributed by atoms with Crippen LogP contribution in [0, 0.1) is 17.2 Å². The molecule has 4 rings (SSSR count). The Bertz CT molecular complexity index is 895. The predicted octanol–water partition coefficient (Wildman–Crippen LogP) is 3.05. The van der Waals surface area contributed by atoms with Gasteiger partial charge in [0.25, 0.3) is 0 Å². The molecule has 0 saturated heterocycles. The van der Waals surface area contributed by atoms with Crippen LogP contribution in [0.5, 0.6) is 0 Å². The number of rotatable bonds is 4. The van der Waals surface area contributed by atoms with Gasteiger partial charge < -0.3 is 10.7 Å². The van der Waals surface area contributed by atoms with Crippen LogP contribution in [0.15, 0.2) is 24.7 Å². The number of aromatic nitrogens is 5. The van der Waals surface area contributed by atoms with Gasteiger partial charge in [0.1, 0.15) is 5.65 Å². The highest BCUT2D eigenvalue weighted by Gasteiger charge is 2.27. The molecule has 0 aliphatic heterocycles. The van der Waals surface area contributed by atoms with E-state index in [0.717, 1.165) is 22.3 Å². The van der Waals surface area contributed by atoms with E-state index in [1.807, 2.05) is 23.1 Å². The minimum atomic E-state index is 0.132. The molecule has 1 unspecified atom stereocenters. The van der Waals surface area contributed by atoms with Gasteiger partial charge in [0.15, 0.2) is 0 Å². The van der Waals surface area contributed by atoms with Crippen molar-refractivity contribution in [3.8, 4) is 17.3 Å². The summed E-state index contributed by atoms with van der Waals surface area (Å²) in [4.78, 5) is 11.6. The summed E-state index contributed by atoms with van der Waals surface area (Å²) in [5.74, 6) is 0.761. The van der Waals surface area contributed by atoms with Crippen molar-refractivity contribution in [1.29, 1.82) is 5.26 Å². The Morgan fingerprint density at radius 2 is 2.21 bits per heavy atom. The lowest BCUT2D eigenvalue weighted by Gasteiger charge is -2.21. The van der Waals surface area contributed by atoms with Crippen molar-refractivity contribution in [2.24, 2.45) is 5.92 Å². The Kier molecular flexibility index (Phi) is 3.65. The summed E-state index contributed by atoms with van der Waals surface area (Å²) in [6.07, 6.45) is 10.9. The van der Waals surface area contributed by atoms with Crippen LogP contribution in [0.1, 0.15) is 38.1 Å². The fraction of sp³-hybridized carbons (Fsp3) is 0.412. The number of hydrogen-bond acceptors (Lipinski definition) is 5. The van der Waals surface area contributed by atoms with Gasteiger partial charge in [-0.15, -0.1) is 0 Å². The molecule has 3 aromatic heterocycles. The summed E-state index contributed by atoms with van der Waals surface area (Å²) < 4.78 is 1.94. The maximum atomic E-state index is 9.20. The molecule has 3 aromatic rings. The van der Waals surface area contributed by atoms with Crippen LogP contribution >= 0.6 is 0 Å². The number of nitrogens with two attached hydrogens (primary N) is 1. The molecule has 1 aliphatic carbocycles. The minimum Gasteiger partial charge on any atom is -0.368 e. The summed E-state index contributed by atoms with van der Waals surface area (Å²) in [5.41, 5.74) is 8.21. The molecule has 7 nitrogen and oxygen atoms in total. The van der Waals surface area contributed by atoms with E-state index in [9.17, 15) is 5.26 Å². The summed E-state index contributed by atoms with van der Waals surface area (Å²) in [6.45, 7) is 0. The molecule has 1 aliphatic rings. The molecule has 3 N–H and O–H groups in total. The summed E-state index contributed by atoms with van der Waals surface area (Å²) >= 11 is 0. The number of nitrogens with one attached hydrogen (secondary N) is 1. The van der Waals surface area contributed by atoms with Gasteiger partial charge in [-0.1, -0.05) is 12.8 Å². The number of nitrogen functional groups attached to an aromatic ring is 1. The second-order valence-electron chi connectivity index (χ2n) is 6.35. The van der Waals surface area contributed by atoms with Crippen LogP contribution in [-0.4, -0.2) is 24.7 Å². The smallest absolute Gasteiger partial charge is 0.222 e. The molecule has 0 bridgehead atoms. The predicted molar refractivity (Wildman–Crippen MR) is 90.7 cm³/mol. The maximum Gasteiger partial charge on any atom is 0.222 e. The number of nitriles is 1. The largest absolute Gasteiger partial charge is 0.368 e. The topological polar surface area (TPSA) is 109 Å². The van der Waals surface area contributed by atoms with E-state index < -0.39 is 0 Å². The lowest BCUT2D eigenvalue weighted by molar-refractivity contribution is 0.315. The van der Waals surface area contributed by atoms with Crippen molar-refractivity contribution >= 4 is 17.0 Å². The normalized spacial score (nSPS) is 16.5. The highest BCUT2D eigenvalue weighted by molar-refractivity contribution is 5.91. The SMILES string of the molecule is N#CCC(C1CCCC1)n1cc(-c2nc(N)nc3[nH]ccc23)cn1. The summed E-state index contributed by atoms with van der Waals surface area (Å²) in [7, 11) is 0. The Balaban J connectivity index is 1.73. The van der Waals surface area contributed by atoms with E-state index in [0.29, 0.717) is 12.3 Å². The molecule has 7 heteroatoms. The first-order valence-electron chi connectivity index (χ1n) is 8.28. The standard InChI is InChI=1S/C17H19N7/c18-7-5-14(11-3-1-2-4-11)24-10-12(9-21-24)15-13-6-8-20-16(13)23-17(19)22-15/h6,8-11,14H,1-5H2,(H3,19,20,22,23). The third-order valence-corrected chi connectivity index (χ3v) is 4.89. The molecule has 0 aromatic carbocycles. The van der Waals surface area contributed by atoms with Crippen molar-refractivity contribution in [3.63, 3.8) is 0 Å². The highest BCUT2D eigenvalue weighted by Crippen LogP contribution is 2.36. The second kappa shape index (κ2) is 5.96. The molecule has 1 atom stereocenters. The zero-order valence-corrected chi connectivity index (χ0v) is 13.3. The van der Waals surface area contributed by atoms with E-state index >= 15 is 0 Å². The molecule has 0 radical (unpaired) electrons. The van der Waals surface area contributed by atoms with Gasteiger partial charge in [-0.05, 0) is 24.8 Å². The van der Waals surface area contributed by atoms with Gasteiger partial charge in [0, 0.05) is 23.3 Å². The first kappa shape index (κ1) is 14.7. The summed E-state index contributed by atoms with van der Waals surface area (Å²) in [6, 6.07) is 4.38. The van der Waals surface area contributed by atoms with Crippen LogP contribution in [0.2, 0.25) is 0 Å². The first-order chi connectivity index (χ1) is 11.8. The van der Waals surface area contributed by atoms with Crippen molar-refractivity contribution in [2.75, 3.05) is 5.73 Å². The van der Waals surface area contributed by atoms with E-state index in [2.05, 4.69) is 26.1 Å². The van der Waals surface area contributed by atoms with Crippen LogP contribution in [-0.2, 0) is 0 Å². The Morgan fingerprint density at radius 3 is 3.00 bits per heavy atom. The lowest BCUT2D eigenvalue weighted by Crippen LogP contribution is -2.17. The fourth-order valence-corrected chi connectivity index (χ4v) is 3.73. The van der Waals surface area contributed by atoms with E-state index in [4.69, 9.17) is 5.73 Å². The number of hydrogen-bond donors (Lipinski definition) is 2. The van der Waals surface area contributed by atoms with E-state index in [1.165, 1.54) is 25.7 Å². The van der Waals surface area contributed by atoms with Crippen molar-refractivity contribution in [2.45, 2.75) is 38.1 Å². The summed E-state index contributed by atoms with van der Waals surface area (Å²) in [5, 5.41) is 14.6. The quantitative estimate of drug-likeness (QED) is 0.767. The Morgan fingerprint density at radius 1 is 1.38 bits per heavy atom. The van der Waals surface area contributed by atoms with Crippen LogP contribution < -0.4 is 5.73 Å². The van der Waals surface area contributed by atoms with Gasteiger partial charge in [-0.25, -0.2) is 4.98 Å².